The minimum atomic E-state index is 0.636. The van der Waals surface area contributed by atoms with Gasteiger partial charge in [-0.05, 0) is 53.2 Å². The van der Waals surface area contributed by atoms with Crippen LogP contribution in [0.4, 0.5) is 0 Å². The van der Waals surface area contributed by atoms with Crippen molar-refractivity contribution < 1.29 is 0 Å². The molecular formula is C21H19N3S2. The lowest BCUT2D eigenvalue weighted by Crippen LogP contribution is -2.01. The fraction of sp³-hybridized carbons (Fsp3) is 0.143. The Morgan fingerprint density at radius 2 is 1.81 bits per heavy atom. The molecule has 0 saturated heterocycles. The predicted molar refractivity (Wildman–Crippen MR) is 112 cm³/mol. The molecule has 4 aromatic rings. The Kier molecular flexibility index (Phi) is 4.91. The number of H-pyrrole nitrogens is 1. The molecule has 1 aromatic heterocycles. The van der Waals surface area contributed by atoms with Crippen LogP contribution in [-0.2, 0) is 11.5 Å². The zero-order chi connectivity index (χ0) is 17.9. The summed E-state index contributed by atoms with van der Waals surface area (Å²) >= 11 is 7.29. The molecule has 0 amide bonds. The van der Waals surface area contributed by atoms with E-state index in [9.17, 15) is 0 Å². The van der Waals surface area contributed by atoms with Gasteiger partial charge < -0.3 is 0 Å². The summed E-state index contributed by atoms with van der Waals surface area (Å²) in [5, 5.41) is 9.98. The van der Waals surface area contributed by atoms with E-state index in [2.05, 4.69) is 77.8 Å². The second-order valence-electron chi connectivity index (χ2n) is 6.25. The van der Waals surface area contributed by atoms with Crippen molar-refractivity contribution in [1.29, 1.82) is 0 Å². The van der Waals surface area contributed by atoms with Gasteiger partial charge in [-0.2, -0.15) is 5.10 Å². The topological polar surface area (TPSA) is 33.6 Å². The van der Waals surface area contributed by atoms with Crippen LogP contribution in [0.25, 0.3) is 16.5 Å². The molecule has 0 aliphatic rings. The summed E-state index contributed by atoms with van der Waals surface area (Å²) in [4.78, 5) is 0. The minimum Gasteiger partial charge on any atom is -0.271 e. The van der Waals surface area contributed by atoms with E-state index in [1.54, 1.807) is 0 Å². The first-order valence-electron chi connectivity index (χ1n) is 8.50. The molecule has 0 aliphatic carbocycles. The minimum absolute atomic E-state index is 0.636. The molecule has 26 heavy (non-hydrogen) atoms. The standard InChI is InChI=1S/C21H19N3S2/c1-15-6-4-10-18(12-15)24-20(22-23-21(24)25)14-26-13-17-9-5-8-16-7-2-3-11-19(16)17/h2-12H,13-14H2,1H3,(H,23,25). The van der Waals surface area contributed by atoms with Crippen LogP contribution in [0.2, 0.25) is 0 Å². The van der Waals surface area contributed by atoms with Gasteiger partial charge in [0.25, 0.3) is 0 Å². The number of rotatable bonds is 5. The Morgan fingerprint density at radius 3 is 2.69 bits per heavy atom. The van der Waals surface area contributed by atoms with Crippen molar-refractivity contribution in [2.75, 3.05) is 0 Å². The molecule has 0 aliphatic heterocycles. The van der Waals surface area contributed by atoms with Crippen molar-refractivity contribution in [2.45, 2.75) is 18.4 Å². The lowest BCUT2D eigenvalue weighted by Gasteiger charge is -2.09. The van der Waals surface area contributed by atoms with Crippen LogP contribution in [0.3, 0.4) is 0 Å². The number of aromatic amines is 1. The number of aromatic nitrogens is 3. The summed E-state index contributed by atoms with van der Waals surface area (Å²) in [6.07, 6.45) is 0. The third-order valence-corrected chi connectivity index (χ3v) is 5.62. The maximum atomic E-state index is 5.44. The van der Waals surface area contributed by atoms with Gasteiger partial charge >= 0.3 is 0 Å². The number of nitrogens with zero attached hydrogens (tertiary/aromatic N) is 2. The number of thioether (sulfide) groups is 1. The highest BCUT2D eigenvalue weighted by atomic mass is 32.2. The summed E-state index contributed by atoms with van der Waals surface area (Å²) in [5.74, 6) is 2.69. The highest BCUT2D eigenvalue weighted by molar-refractivity contribution is 7.97. The van der Waals surface area contributed by atoms with E-state index in [1.807, 2.05) is 22.4 Å². The average molecular weight is 378 g/mol. The molecule has 0 bridgehead atoms. The van der Waals surface area contributed by atoms with Gasteiger partial charge in [-0.1, -0.05) is 54.6 Å². The molecule has 3 aromatic carbocycles. The van der Waals surface area contributed by atoms with E-state index in [1.165, 1.54) is 21.9 Å². The van der Waals surface area contributed by atoms with Crippen LogP contribution in [0, 0.1) is 11.7 Å². The second kappa shape index (κ2) is 7.48. The molecule has 0 atom stereocenters. The van der Waals surface area contributed by atoms with E-state index >= 15 is 0 Å². The molecule has 0 radical (unpaired) electrons. The highest BCUT2D eigenvalue weighted by Crippen LogP contribution is 2.25. The SMILES string of the molecule is Cc1cccc(-n2c(CSCc3cccc4ccccc34)n[nH]c2=S)c1. The van der Waals surface area contributed by atoms with Crippen molar-refractivity contribution in [3.05, 3.63) is 88.5 Å². The Labute approximate surface area is 162 Å². The fourth-order valence-corrected chi connectivity index (χ4v) is 4.34. The first kappa shape index (κ1) is 17.1. The number of benzene rings is 3. The lowest BCUT2D eigenvalue weighted by atomic mass is 10.1. The molecular weight excluding hydrogens is 358 g/mol. The average Bonchev–Trinajstić information content (AvgIpc) is 3.02. The molecule has 1 N–H and O–H groups in total. The lowest BCUT2D eigenvalue weighted by molar-refractivity contribution is 0.947. The number of hydrogen-bond donors (Lipinski definition) is 1. The van der Waals surface area contributed by atoms with Crippen molar-refractivity contribution in [2.24, 2.45) is 0 Å². The van der Waals surface area contributed by atoms with E-state index < -0.39 is 0 Å². The monoisotopic (exact) mass is 377 g/mol. The predicted octanol–water partition coefficient (Wildman–Crippen LogP) is 5.82. The maximum Gasteiger partial charge on any atom is 0.199 e. The van der Waals surface area contributed by atoms with Crippen LogP contribution in [0.15, 0.2) is 66.7 Å². The van der Waals surface area contributed by atoms with E-state index in [0.717, 1.165) is 23.0 Å². The van der Waals surface area contributed by atoms with Gasteiger partial charge in [0, 0.05) is 11.4 Å². The Hall–Kier alpha value is -2.37. The van der Waals surface area contributed by atoms with Gasteiger partial charge in [0.2, 0.25) is 0 Å². The van der Waals surface area contributed by atoms with Crippen LogP contribution in [0.5, 0.6) is 0 Å². The molecule has 1 heterocycles. The Bertz CT molecular complexity index is 1110. The van der Waals surface area contributed by atoms with Gasteiger partial charge in [0.05, 0.1) is 5.75 Å². The van der Waals surface area contributed by atoms with E-state index in [4.69, 9.17) is 12.2 Å². The van der Waals surface area contributed by atoms with Crippen molar-refractivity contribution in [3.8, 4) is 5.69 Å². The van der Waals surface area contributed by atoms with Crippen LogP contribution in [0.1, 0.15) is 17.0 Å². The number of hydrogen-bond acceptors (Lipinski definition) is 3. The first-order chi connectivity index (χ1) is 12.7. The van der Waals surface area contributed by atoms with Gasteiger partial charge in [-0.15, -0.1) is 11.8 Å². The Morgan fingerprint density at radius 1 is 1.00 bits per heavy atom. The maximum absolute atomic E-state index is 5.44. The molecule has 0 fully saturated rings. The largest absolute Gasteiger partial charge is 0.271 e. The summed E-state index contributed by atoms with van der Waals surface area (Å²) in [6, 6.07) is 23.3. The summed E-state index contributed by atoms with van der Waals surface area (Å²) in [7, 11) is 0. The molecule has 3 nitrogen and oxygen atoms in total. The molecule has 0 unspecified atom stereocenters. The van der Waals surface area contributed by atoms with E-state index in [-0.39, 0.29) is 0 Å². The van der Waals surface area contributed by atoms with Crippen LogP contribution in [-0.4, -0.2) is 14.8 Å². The number of nitrogens with one attached hydrogen (secondary N) is 1. The first-order valence-corrected chi connectivity index (χ1v) is 10.1. The van der Waals surface area contributed by atoms with Gasteiger partial charge in [0.1, 0.15) is 5.82 Å². The second-order valence-corrected chi connectivity index (χ2v) is 7.62. The highest BCUT2D eigenvalue weighted by Gasteiger charge is 2.09. The molecule has 130 valence electrons. The number of aryl methyl sites for hydroxylation is 1. The van der Waals surface area contributed by atoms with Gasteiger partial charge in [-0.25, -0.2) is 0 Å². The van der Waals surface area contributed by atoms with Gasteiger partial charge in [-0.3, -0.25) is 9.67 Å². The van der Waals surface area contributed by atoms with Crippen molar-refractivity contribution >= 4 is 34.8 Å². The van der Waals surface area contributed by atoms with Crippen LogP contribution < -0.4 is 0 Å². The molecule has 5 heteroatoms. The summed E-state index contributed by atoms with van der Waals surface area (Å²) < 4.78 is 2.66. The Balaban J connectivity index is 1.55. The number of fused-ring (bicyclic) bond motifs is 1. The van der Waals surface area contributed by atoms with Crippen molar-refractivity contribution in [3.63, 3.8) is 0 Å². The zero-order valence-corrected chi connectivity index (χ0v) is 16.1. The summed E-state index contributed by atoms with van der Waals surface area (Å²) in [6.45, 7) is 2.09. The quantitative estimate of drug-likeness (QED) is 0.445. The summed E-state index contributed by atoms with van der Waals surface area (Å²) in [5.41, 5.74) is 3.62. The van der Waals surface area contributed by atoms with E-state index in [0.29, 0.717) is 4.77 Å². The smallest absolute Gasteiger partial charge is 0.199 e. The molecule has 0 saturated carbocycles. The third kappa shape index (κ3) is 3.45. The molecule has 0 spiro atoms. The third-order valence-electron chi connectivity index (χ3n) is 4.37. The van der Waals surface area contributed by atoms with Crippen molar-refractivity contribution in [1.82, 2.24) is 14.8 Å². The zero-order valence-electron chi connectivity index (χ0n) is 14.5. The fourth-order valence-electron chi connectivity index (χ4n) is 3.13. The normalized spacial score (nSPS) is 11.1. The van der Waals surface area contributed by atoms with Gasteiger partial charge in [0.15, 0.2) is 4.77 Å². The molecule has 4 rings (SSSR count). The van der Waals surface area contributed by atoms with Crippen LogP contribution >= 0.6 is 24.0 Å².